The van der Waals surface area contributed by atoms with E-state index in [1.165, 1.54) is 19.3 Å². The number of benzene rings is 1. The molecule has 1 aromatic carbocycles. The van der Waals surface area contributed by atoms with Gasteiger partial charge in [0.05, 0.1) is 18.1 Å². The van der Waals surface area contributed by atoms with Crippen LogP contribution in [0.5, 0.6) is 5.75 Å². The van der Waals surface area contributed by atoms with Crippen molar-refractivity contribution in [3.8, 4) is 5.75 Å². The van der Waals surface area contributed by atoms with E-state index in [0.29, 0.717) is 0 Å². The molecule has 0 saturated heterocycles. The molecule has 0 spiro atoms. The summed E-state index contributed by atoms with van der Waals surface area (Å²) in [4.78, 5) is 5.64. The van der Waals surface area contributed by atoms with E-state index < -0.39 is 0 Å². The van der Waals surface area contributed by atoms with E-state index in [0.717, 1.165) is 28.1 Å². The Morgan fingerprint density at radius 3 is 2.70 bits per heavy atom. The number of methoxy groups -OCH3 is 1. The number of ether oxygens (including phenoxy) is 1. The SMILES string of the molecule is COc1ccc2c(c1)[nH]c(=S)n2CC1(N(C)C)CCC1. The van der Waals surface area contributed by atoms with Crippen LogP contribution in [0, 0.1) is 4.77 Å². The van der Waals surface area contributed by atoms with Crippen molar-refractivity contribution in [1.29, 1.82) is 0 Å². The Labute approximate surface area is 124 Å². The van der Waals surface area contributed by atoms with Gasteiger partial charge in [0.15, 0.2) is 4.77 Å². The summed E-state index contributed by atoms with van der Waals surface area (Å²) in [7, 11) is 6.02. The van der Waals surface area contributed by atoms with Gasteiger partial charge in [0.2, 0.25) is 0 Å². The van der Waals surface area contributed by atoms with Crippen LogP contribution in [-0.4, -0.2) is 41.2 Å². The molecular weight excluding hydrogens is 270 g/mol. The van der Waals surface area contributed by atoms with Crippen molar-refractivity contribution in [2.24, 2.45) is 0 Å². The van der Waals surface area contributed by atoms with Crippen LogP contribution in [0.15, 0.2) is 18.2 Å². The lowest BCUT2D eigenvalue weighted by molar-refractivity contribution is 0.0431. The third-order valence-corrected chi connectivity index (χ3v) is 4.99. The second-order valence-electron chi connectivity index (χ2n) is 5.87. The lowest BCUT2D eigenvalue weighted by Crippen LogP contribution is -2.53. The van der Waals surface area contributed by atoms with Gasteiger partial charge in [-0.1, -0.05) is 0 Å². The van der Waals surface area contributed by atoms with Crippen molar-refractivity contribution < 1.29 is 4.74 Å². The van der Waals surface area contributed by atoms with Crippen LogP contribution >= 0.6 is 12.2 Å². The maximum absolute atomic E-state index is 5.51. The molecule has 0 amide bonds. The standard InChI is InChI=1S/C15H21N3OS/c1-17(2)15(7-4-8-15)10-18-13-6-5-11(19-3)9-12(13)16-14(18)20/h5-6,9H,4,7-8,10H2,1-3H3,(H,16,20). The number of nitrogens with one attached hydrogen (secondary N) is 1. The Balaban J connectivity index is 2.03. The molecule has 1 saturated carbocycles. The highest BCUT2D eigenvalue weighted by molar-refractivity contribution is 7.71. The molecule has 0 radical (unpaired) electrons. The Bertz CT molecular complexity index is 682. The first-order valence-corrected chi connectivity index (χ1v) is 7.40. The van der Waals surface area contributed by atoms with Gasteiger partial charge >= 0.3 is 0 Å². The van der Waals surface area contributed by atoms with Crippen molar-refractivity contribution in [2.75, 3.05) is 21.2 Å². The van der Waals surface area contributed by atoms with Crippen LogP contribution in [0.1, 0.15) is 19.3 Å². The molecule has 3 rings (SSSR count). The number of aromatic nitrogens is 2. The summed E-state index contributed by atoms with van der Waals surface area (Å²) in [5.41, 5.74) is 2.46. The van der Waals surface area contributed by atoms with E-state index >= 15 is 0 Å². The van der Waals surface area contributed by atoms with E-state index in [2.05, 4.69) is 34.6 Å². The molecule has 108 valence electrons. The highest BCUT2D eigenvalue weighted by Crippen LogP contribution is 2.38. The molecule has 1 aromatic heterocycles. The molecular formula is C15H21N3OS. The van der Waals surface area contributed by atoms with Crippen LogP contribution in [0.2, 0.25) is 0 Å². The minimum absolute atomic E-state index is 0.257. The Morgan fingerprint density at radius 2 is 2.15 bits per heavy atom. The smallest absolute Gasteiger partial charge is 0.178 e. The zero-order valence-electron chi connectivity index (χ0n) is 12.3. The predicted molar refractivity (Wildman–Crippen MR) is 83.9 cm³/mol. The molecule has 1 heterocycles. The lowest BCUT2D eigenvalue weighted by atomic mass is 9.75. The average molecular weight is 291 g/mol. The highest BCUT2D eigenvalue weighted by atomic mass is 32.1. The van der Waals surface area contributed by atoms with Crippen LogP contribution in [-0.2, 0) is 6.54 Å². The first kappa shape index (κ1) is 13.6. The molecule has 2 aromatic rings. The molecule has 1 aliphatic carbocycles. The summed E-state index contributed by atoms with van der Waals surface area (Å²) < 4.78 is 8.29. The molecule has 1 N–H and O–H groups in total. The summed E-state index contributed by atoms with van der Waals surface area (Å²) in [6, 6.07) is 6.08. The number of fused-ring (bicyclic) bond motifs is 1. The zero-order chi connectivity index (χ0) is 14.3. The normalized spacial score (nSPS) is 17.4. The molecule has 5 heteroatoms. The number of hydrogen-bond donors (Lipinski definition) is 1. The van der Waals surface area contributed by atoms with Gasteiger partial charge in [-0.05, 0) is 57.7 Å². The van der Waals surface area contributed by atoms with Crippen molar-refractivity contribution in [3.05, 3.63) is 23.0 Å². The van der Waals surface area contributed by atoms with Crippen molar-refractivity contribution in [3.63, 3.8) is 0 Å². The van der Waals surface area contributed by atoms with Gasteiger partial charge in [-0.25, -0.2) is 0 Å². The Kier molecular flexibility index (Phi) is 3.34. The summed E-state index contributed by atoms with van der Waals surface area (Å²) in [6.45, 7) is 0.950. The van der Waals surface area contributed by atoms with Crippen molar-refractivity contribution in [1.82, 2.24) is 14.5 Å². The minimum atomic E-state index is 0.257. The number of aromatic amines is 1. The third kappa shape index (κ3) is 2.05. The first-order valence-electron chi connectivity index (χ1n) is 7.00. The van der Waals surface area contributed by atoms with Crippen molar-refractivity contribution in [2.45, 2.75) is 31.3 Å². The second kappa shape index (κ2) is 4.90. The monoisotopic (exact) mass is 291 g/mol. The van der Waals surface area contributed by atoms with E-state index in [4.69, 9.17) is 17.0 Å². The fourth-order valence-electron chi connectivity index (χ4n) is 3.05. The number of hydrogen-bond acceptors (Lipinski definition) is 3. The first-order chi connectivity index (χ1) is 9.55. The number of imidazole rings is 1. The molecule has 20 heavy (non-hydrogen) atoms. The fraction of sp³-hybridized carbons (Fsp3) is 0.533. The minimum Gasteiger partial charge on any atom is -0.497 e. The summed E-state index contributed by atoms with van der Waals surface area (Å²) in [5, 5.41) is 0. The molecule has 0 atom stereocenters. The molecule has 4 nitrogen and oxygen atoms in total. The largest absolute Gasteiger partial charge is 0.497 e. The van der Waals surface area contributed by atoms with Crippen LogP contribution in [0.4, 0.5) is 0 Å². The van der Waals surface area contributed by atoms with E-state index in [1.54, 1.807) is 7.11 Å². The second-order valence-corrected chi connectivity index (χ2v) is 6.26. The predicted octanol–water partition coefficient (Wildman–Crippen LogP) is 3.19. The molecule has 0 aliphatic heterocycles. The topological polar surface area (TPSA) is 33.2 Å². The maximum Gasteiger partial charge on any atom is 0.178 e. The fourth-order valence-corrected chi connectivity index (χ4v) is 3.33. The van der Waals surface area contributed by atoms with E-state index in [1.807, 2.05) is 12.1 Å². The van der Waals surface area contributed by atoms with Gasteiger partial charge in [-0.2, -0.15) is 0 Å². The number of rotatable bonds is 4. The number of H-pyrrole nitrogens is 1. The highest BCUT2D eigenvalue weighted by Gasteiger charge is 2.39. The van der Waals surface area contributed by atoms with Gasteiger partial charge in [-0.3, -0.25) is 0 Å². The van der Waals surface area contributed by atoms with Gasteiger partial charge in [0.25, 0.3) is 0 Å². The Morgan fingerprint density at radius 1 is 1.40 bits per heavy atom. The number of nitrogens with zero attached hydrogens (tertiary/aromatic N) is 2. The van der Waals surface area contributed by atoms with Crippen molar-refractivity contribution >= 4 is 23.3 Å². The lowest BCUT2D eigenvalue weighted by Gasteiger charge is -2.47. The van der Waals surface area contributed by atoms with Gasteiger partial charge in [0.1, 0.15) is 5.75 Å². The van der Waals surface area contributed by atoms with Gasteiger partial charge < -0.3 is 19.2 Å². The molecule has 1 aliphatic rings. The van der Waals surface area contributed by atoms with Crippen LogP contribution < -0.4 is 4.74 Å². The van der Waals surface area contributed by atoms with Crippen LogP contribution in [0.25, 0.3) is 11.0 Å². The zero-order valence-corrected chi connectivity index (χ0v) is 13.1. The molecule has 1 fully saturated rings. The summed E-state index contributed by atoms with van der Waals surface area (Å²) in [6.07, 6.45) is 3.79. The molecule has 0 unspecified atom stereocenters. The Hall–Kier alpha value is -1.33. The third-order valence-electron chi connectivity index (χ3n) is 4.67. The quantitative estimate of drug-likeness (QED) is 0.878. The molecule has 0 bridgehead atoms. The van der Waals surface area contributed by atoms with Gasteiger partial charge in [0, 0.05) is 18.2 Å². The van der Waals surface area contributed by atoms with E-state index in [-0.39, 0.29) is 5.54 Å². The number of likely N-dealkylation sites (N-methyl/N-ethyl adjacent to an activating group) is 1. The maximum atomic E-state index is 5.51. The average Bonchev–Trinajstić information content (AvgIpc) is 2.68. The summed E-state index contributed by atoms with van der Waals surface area (Å²) in [5.74, 6) is 0.854. The van der Waals surface area contributed by atoms with E-state index in [9.17, 15) is 0 Å². The van der Waals surface area contributed by atoms with Crippen LogP contribution in [0.3, 0.4) is 0 Å². The van der Waals surface area contributed by atoms with Gasteiger partial charge in [-0.15, -0.1) is 0 Å². The summed E-state index contributed by atoms with van der Waals surface area (Å²) >= 11 is 5.51.